The first-order valence-corrected chi connectivity index (χ1v) is 6.24. The van der Waals surface area contributed by atoms with Crippen LogP contribution in [0.15, 0.2) is 12.1 Å². The van der Waals surface area contributed by atoms with E-state index in [9.17, 15) is 9.59 Å². The summed E-state index contributed by atoms with van der Waals surface area (Å²) in [6.07, 6.45) is 0. The average Bonchev–Trinajstić information content (AvgIpc) is 2.75. The number of carboxylic acid groups (broad SMARTS) is 1. The third kappa shape index (κ3) is 3.74. The molecule has 0 radical (unpaired) electrons. The number of carbonyl (C=O) groups is 2. The first-order chi connectivity index (χ1) is 8.08. The van der Waals surface area contributed by atoms with Crippen molar-refractivity contribution in [3.05, 3.63) is 17.0 Å². The Morgan fingerprint density at radius 1 is 1.41 bits per heavy atom. The molecule has 0 unspecified atom stereocenters. The van der Waals surface area contributed by atoms with Crippen molar-refractivity contribution in [1.82, 2.24) is 5.32 Å². The van der Waals surface area contributed by atoms with Crippen molar-refractivity contribution >= 4 is 28.2 Å². The number of nitrogens with zero attached hydrogens (tertiary/aromatic N) is 1. The molecule has 1 aromatic heterocycles. The average molecular weight is 256 g/mol. The Morgan fingerprint density at radius 3 is 2.59 bits per heavy atom. The zero-order valence-corrected chi connectivity index (χ0v) is 10.7. The van der Waals surface area contributed by atoms with E-state index in [0.717, 1.165) is 5.00 Å². The molecule has 0 aromatic carbocycles. The van der Waals surface area contributed by atoms with Crippen LogP contribution in [0.3, 0.4) is 0 Å². The Kier molecular flexibility index (Phi) is 4.96. The smallest absolute Gasteiger partial charge is 0.345 e. The minimum Gasteiger partial charge on any atom is -0.477 e. The molecule has 0 aliphatic rings. The van der Waals surface area contributed by atoms with E-state index < -0.39 is 5.97 Å². The molecule has 0 saturated heterocycles. The van der Waals surface area contributed by atoms with Gasteiger partial charge in [0.25, 0.3) is 0 Å². The second-order valence-corrected chi connectivity index (χ2v) is 4.47. The molecule has 1 amide bonds. The van der Waals surface area contributed by atoms with Gasteiger partial charge in [-0.1, -0.05) is 0 Å². The Bertz CT molecular complexity index is 403. The van der Waals surface area contributed by atoms with Gasteiger partial charge in [-0.05, 0) is 26.0 Å². The first-order valence-electron chi connectivity index (χ1n) is 5.43. The predicted molar refractivity (Wildman–Crippen MR) is 67.8 cm³/mol. The molecule has 94 valence electrons. The van der Waals surface area contributed by atoms with Crippen molar-refractivity contribution < 1.29 is 14.7 Å². The Labute approximate surface area is 104 Å². The van der Waals surface area contributed by atoms with E-state index in [2.05, 4.69) is 5.32 Å². The molecule has 6 heteroatoms. The lowest BCUT2D eigenvalue weighted by Crippen LogP contribution is -2.36. The number of rotatable bonds is 6. The zero-order valence-electron chi connectivity index (χ0n) is 9.90. The number of thiophene rings is 1. The number of aromatic carboxylic acids is 1. The van der Waals surface area contributed by atoms with E-state index in [1.54, 1.807) is 12.1 Å². The number of nitrogens with one attached hydrogen (secondary N) is 1. The summed E-state index contributed by atoms with van der Waals surface area (Å²) in [5.41, 5.74) is 0. The molecule has 1 heterocycles. The van der Waals surface area contributed by atoms with Crippen LogP contribution in [-0.4, -0.2) is 36.6 Å². The molecular weight excluding hydrogens is 240 g/mol. The summed E-state index contributed by atoms with van der Waals surface area (Å²) in [5.74, 6) is -0.991. The van der Waals surface area contributed by atoms with Gasteiger partial charge >= 0.3 is 5.97 Å². The normalized spacial score (nSPS) is 10.0. The van der Waals surface area contributed by atoms with Crippen LogP contribution in [0.1, 0.15) is 23.5 Å². The summed E-state index contributed by atoms with van der Waals surface area (Å²) in [4.78, 5) is 24.4. The topological polar surface area (TPSA) is 69.6 Å². The lowest BCUT2D eigenvalue weighted by Gasteiger charge is -2.20. The fraction of sp³-hybridized carbons (Fsp3) is 0.455. The minimum atomic E-state index is -0.935. The highest BCUT2D eigenvalue weighted by Gasteiger charge is 2.13. The number of carbonyl (C=O) groups excluding carboxylic acids is 1. The Balaban J connectivity index is 2.72. The van der Waals surface area contributed by atoms with Gasteiger partial charge in [0.05, 0.1) is 11.5 Å². The fourth-order valence-corrected chi connectivity index (χ4v) is 2.29. The number of likely N-dealkylation sites (N-methyl/N-ethyl adjacent to an activating group) is 2. The van der Waals surface area contributed by atoms with Crippen LogP contribution in [0.5, 0.6) is 0 Å². The molecule has 0 spiro atoms. The zero-order chi connectivity index (χ0) is 12.8. The van der Waals surface area contributed by atoms with Crippen LogP contribution in [-0.2, 0) is 4.79 Å². The second-order valence-electron chi connectivity index (χ2n) is 3.41. The molecule has 17 heavy (non-hydrogen) atoms. The summed E-state index contributed by atoms with van der Waals surface area (Å²) in [7, 11) is 0. The Hall–Kier alpha value is -1.56. The van der Waals surface area contributed by atoms with Gasteiger partial charge in [-0.25, -0.2) is 4.79 Å². The van der Waals surface area contributed by atoms with Crippen LogP contribution < -0.4 is 10.2 Å². The van der Waals surface area contributed by atoms with E-state index in [1.165, 1.54) is 11.3 Å². The van der Waals surface area contributed by atoms with Gasteiger partial charge < -0.3 is 15.3 Å². The maximum Gasteiger partial charge on any atom is 0.345 e. The number of anilines is 1. The predicted octanol–water partition coefficient (Wildman–Crippen LogP) is 1.41. The summed E-state index contributed by atoms with van der Waals surface area (Å²) in [5, 5.41) is 12.4. The monoisotopic (exact) mass is 256 g/mol. The van der Waals surface area contributed by atoms with Gasteiger partial charge in [-0.15, -0.1) is 11.3 Å². The van der Waals surface area contributed by atoms with E-state index in [1.807, 2.05) is 18.7 Å². The standard InChI is InChI=1S/C11H16N2O3S/c1-3-12-9(14)7-13(4-2)10-6-5-8(17-10)11(15)16/h5-6H,3-4,7H2,1-2H3,(H,12,14)(H,15,16). The van der Waals surface area contributed by atoms with Crippen LogP contribution in [0.4, 0.5) is 5.00 Å². The molecule has 0 saturated carbocycles. The molecule has 0 bridgehead atoms. The highest BCUT2D eigenvalue weighted by atomic mass is 32.1. The lowest BCUT2D eigenvalue weighted by atomic mass is 10.4. The van der Waals surface area contributed by atoms with E-state index >= 15 is 0 Å². The molecule has 1 rings (SSSR count). The molecule has 1 aromatic rings. The van der Waals surface area contributed by atoms with Crippen molar-refractivity contribution in [2.45, 2.75) is 13.8 Å². The largest absolute Gasteiger partial charge is 0.477 e. The summed E-state index contributed by atoms with van der Waals surface area (Å²) in [6.45, 7) is 5.31. The molecule has 2 N–H and O–H groups in total. The molecule has 5 nitrogen and oxygen atoms in total. The minimum absolute atomic E-state index is 0.0559. The molecule has 0 atom stereocenters. The Morgan fingerprint density at radius 2 is 2.12 bits per heavy atom. The van der Waals surface area contributed by atoms with Crippen LogP contribution in [0.25, 0.3) is 0 Å². The molecule has 0 fully saturated rings. The van der Waals surface area contributed by atoms with E-state index in [-0.39, 0.29) is 17.3 Å². The SMILES string of the molecule is CCNC(=O)CN(CC)c1ccc(C(=O)O)s1. The van der Waals surface area contributed by atoms with E-state index in [4.69, 9.17) is 5.11 Å². The third-order valence-electron chi connectivity index (χ3n) is 2.20. The number of amides is 1. The number of carboxylic acids is 1. The quantitative estimate of drug-likeness (QED) is 0.807. The summed E-state index contributed by atoms with van der Waals surface area (Å²) < 4.78 is 0. The molecule has 0 aliphatic carbocycles. The van der Waals surface area contributed by atoms with Crippen LogP contribution >= 0.6 is 11.3 Å². The van der Waals surface area contributed by atoms with Gasteiger partial charge in [-0.3, -0.25) is 4.79 Å². The van der Waals surface area contributed by atoms with Crippen LogP contribution in [0.2, 0.25) is 0 Å². The van der Waals surface area contributed by atoms with Gasteiger partial charge in [0.15, 0.2) is 0 Å². The van der Waals surface area contributed by atoms with Crippen molar-refractivity contribution in [2.75, 3.05) is 24.5 Å². The summed E-state index contributed by atoms with van der Waals surface area (Å²) in [6, 6.07) is 3.29. The van der Waals surface area contributed by atoms with Gasteiger partial charge in [-0.2, -0.15) is 0 Å². The third-order valence-corrected chi connectivity index (χ3v) is 3.34. The van der Waals surface area contributed by atoms with Crippen molar-refractivity contribution in [3.63, 3.8) is 0 Å². The number of hydrogen-bond acceptors (Lipinski definition) is 4. The molecule has 0 aliphatic heterocycles. The highest BCUT2D eigenvalue weighted by molar-refractivity contribution is 7.17. The summed E-state index contributed by atoms with van der Waals surface area (Å²) >= 11 is 1.18. The first kappa shape index (κ1) is 13.5. The van der Waals surface area contributed by atoms with Crippen molar-refractivity contribution in [1.29, 1.82) is 0 Å². The lowest BCUT2D eigenvalue weighted by molar-refractivity contribution is -0.119. The fourth-order valence-electron chi connectivity index (χ4n) is 1.38. The van der Waals surface area contributed by atoms with Gasteiger partial charge in [0, 0.05) is 13.1 Å². The van der Waals surface area contributed by atoms with Crippen molar-refractivity contribution in [3.8, 4) is 0 Å². The molecular formula is C11H16N2O3S. The van der Waals surface area contributed by atoms with Gasteiger partial charge in [0.1, 0.15) is 4.88 Å². The van der Waals surface area contributed by atoms with Gasteiger partial charge in [0.2, 0.25) is 5.91 Å². The highest BCUT2D eigenvalue weighted by Crippen LogP contribution is 2.25. The van der Waals surface area contributed by atoms with E-state index in [0.29, 0.717) is 13.1 Å². The number of hydrogen-bond donors (Lipinski definition) is 2. The second kappa shape index (κ2) is 6.24. The maximum atomic E-state index is 11.5. The van der Waals surface area contributed by atoms with Crippen LogP contribution in [0, 0.1) is 0 Å². The maximum absolute atomic E-state index is 11.5. The van der Waals surface area contributed by atoms with Crippen molar-refractivity contribution in [2.24, 2.45) is 0 Å².